The van der Waals surface area contributed by atoms with Crippen molar-refractivity contribution in [3.8, 4) is 11.5 Å². The smallest absolute Gasteiger partial charge is 0.127 e. The van der Waals surface area contributed by atoms with Crippen molar-refractivity contribution in [3.05, 3.63) is 58.6 Å². The third kappa shape index (κ3) is 3.90. The lowest BCUT2D eigenvalue weighted by Crippen LogP contribution is -2.19. The summed E-state index contributed by atoms with van der Waals surface area (Å²) in [4.78, 5) is 0. The Morgan fingerprint density at radius 1 is 1.10 bits per heavy atom. The Bertz CT molecular complexity index is 601. The van der Waals surface area contributed by atoms with Crippen LogP contribution < -0.4 is 14.8 Å². The van der Waals surface area contributed by atoms with E-state index in [1.165, 1.54) is 5.56 Å². The molecular weight excluding hydrogens is 286 g/mol. The van der Waals surface area contributed by atoms with Gasteiger partial charge in [0.15, 0.2) is 0 Å². The number of hydrogen-bond acceptors (Lipinski definition) is 3. The average molecular weight is 306 g/mol. The molecule has 1 unspecified atom stereocenters. The van der Waals surface area contributed by atoms with Gasteiger partial charge in [0.05, 0.1) is 14.2 Å². The lowest BCUT2D eigenvalue weighted by Gasteiger charge is -2.20. The summed E-state index contributed by atoms with van der Waals surface area (Å²) in [7, 11) is 5.26. The van der Waals surface area contributed by atoms with Gasteiger partial charge in [0.25, 0.3) is 0 Å². The minimum absolute atomic E-state index is 0.143. The first-order chi connectivity index (χ1) is 10.2. The first kappa shape index (κ1) is 15.7. The van der Waals surface area contributed by atoms with E-state index in [2.05, 4.69) is 11.4 Å². The van der Waals surface area contributed by atoms with Crippen LogP contribution in [0.25, 0.3) is 0 Å². The van der Waals surface area contributed by atoms with Gasteiger partial charge in [0, 0.05) is 22.7 Å². The second kappa shape index (κ2) is 7.34. The second-order valence-corrected chi connectivity index (χ2v) is 5.22. The van der Waals surface area contributed by atoms with Crippen LogP contribution in [0.2, 0.25) is 5.02 Å². The number of benzene rings is 2. The molecule has 0 aromatic heterocycles. The Balaban J connectivity index is 2.28. The van der Waals surface area contributed by atoms with Gasteiger partial charge < -0.3 is 14.8 Å². The number of hydrogen-bond donors (Lipinski definition) is 1. The van der Waals surface area contributed by atoms with Crippen LogP contribution in [0.15, 0.2) is 42.5 Å². The van der Waals surface area contributed by atoms with E-state index in [1.807, 2.05) is 43.4 Å². The maximum atomic E-state index is 6.05. The molecule has 0 aliphatic carbocycles. The van der Waals surface area contributed by atoms with Crippen LogP contribution in [0, 0.1) is 0 Å². The van der Waals surface area contributed by atoms with E-state index < -0.39 is 0 Å². The Morgan fingerprint density at radius 2 is 1.90 bits per heavy atom. The predicted molar refractivity (Wildman–Crippen MR) is 86.5 cm³/mol. The molecule has 0 saturated heterocycles. The van der Waals surface area contributed by atoms with Crippen molar-refractivity contribution in [1.29, 1.82) is 0 Å². The molecule has 0 spiro atoms. The average Bonchev–Trinajstić information content (AvgIpc) is 2.52. The Labute approximate surface area is 130 Å². The first-order valence-corrected chi connectivity index (χ1v) is 7.19. The maximum absolute atomic E-state index is 6.05. The summed E-state index contributed by atoms with van der Waals surface area (Å²) < 4.78 is 10.7. The van der Waals surface area contributed by atoms with E-state index in [0.717, 1.165) is 28.5 Å². The molecule has 0 radical (unpaired) electrons. The highest BCUT2D eigenvalue weighted by molar-refractivity contribution is 6.30. The summed E-state index contributed by atoms with van der Waals surface area (Å²) in [6.07, 6.45) is 0.833. The molecule has 0 aliphatic heterocycles. The normalized spacial score (nSPS) is 12.0. The van der Waals surface area contributed by atoms with Gasteiger partial charge in [-0.05, 0) is 37.2 Å². The van der Waals surface area contributed by atoms with Gasteiger partial charge in [-0.15, -0.1) is 0 Å². The third-order valence-electron chi connectivity index (χ3n) is 3.49. The van der Waals surface area contributed by atoms with Crippen LogP contribution >= 0.6 is 11.6 Å². The van der Waals surface area contributed by atoms with Crippen molar-refractivity contribution in [2.45, 2.75) is 12.5 Å². The molecule has 0 heterocycles. The lowest BCUT2D eigenvalue weighted by molar-refractivity contribution is 0.385. The monoisotopic (exact) mass is 305 g/mol. The molecule has 2 aromatic rings. The molecule has 0 fully saturated rings. The van der Waals surface area contributed by atoms with Gasteiger partial charge >= 0.3 is 0 Å². The number of nitrogens with one attached hydrogen (secondary N) is 1. The van der Waals surface area contributed by atoms with Gasteiger partial charge in [-0.2, -0.15) is 0 Å². The summed E-state index contributed by atoms with van der Waals surface area (Å²) in [5.41, 5.74) is 2.28. The maximum Gasteiger partial charge on any atom is 0.127 e. The van der Waals surface area contributed by atoms with Crippen molar-refractivity contribution in [1.82, 2.24) is 5.32 Å². The largest absolute Gasteiger partial charge is 0.497 e. The molecule has 112 valence electrons. The van der Waals surface area contributed by atoms with Crippen LogP contribution in [0.1, 0.15) is 17.2 Å². The van der Waals surface area contributed by atoms with E-state index in [4.69, 9.17) is 21.1 Å². The molecule has 4 heteroatoms. The highest BCUT2D eigenvalue weighted by Gasteiger charge is 2.16. The predicted octanol–water partition coefficient (Wildman–Crippen LogP) is 3.86. The zero-order valence-corrected chi connectivity index (χ0v) is 13.3. The number of methoxy groups -OCH3 is 2. The highest BCUT2D eigenvalue weighted by Crippen LogP contribution is 2.31. The third-order valence-corrected chi connectivity index (χ3v) is 3.73. The summed E-state index contributed by atoms with van der Waals surface area (Å²) in [6.45, 7) is 0. The second-order valence-electron chi connectivity index (χ2n) is 4.78. The molecule has 2 aromatic carbocycles. The highest BCUT2D eigenvalue weighted by atomic mass is 35.5. The van der Waals surface area contributed by atoms with Gasteiger partial charge in [-0.1, -0.05) is 29.8 Å². The molecule has 1 N–H and O–H groups in total. The van der Waals surface area contributed by atoms with Gasteiger partial charge in [0.2, 0.25) is 0 Å². The van der Waals surface area contributed by atoms with Crippen molar-refractivity contribution in [2.24, 2.45) is 0 Å². The van der Waals surface area contributed by atoms with Crippen LogP contribution in [-0.4, -0.2) is 21.3 Å². The number of ether oxygens (including phenoxy) is 2. The summed E-state index contributed by atoms with van der Waals surface area (Å²) in [5.74, 6) is 1.60. The first-order valence-electron chi connectivity index (χ1n) is 6.81. The molecule has 2 rings (SSSR count). The summed E-state index contributed by atoms with van der Waals surface area (Å²) in [6, 6.07) is 13.9. The minimum Gasteiger partial charge on any atom is -0.497 e. The number of likely N-dealkylation sites (N-methyl/N-ethyl adjacent to an activating group) is 1. The van der Waals surface area contributed by atoms with Crippen LogP contribution in [0.5, 0.6) is 11.5 Å². The fraction of sp³-hybridized carbons (Fsp3) is 0.294. The minimum atomic E-state index is 0.143. The Kier molecular flexibility index (Phi) is 5.48. The zero-order chi connectivity index (χ0) is 15.2. The fourth-order valence-electron chi connectivity index (χ4n) is 2.37. The van der Waals surface area contributed by atoms with Crippen molar-refractivity contribution in [3.63, 3.8) is 0 Å². The summed E-state index contributed by atoms with van der Waals surface area (Å²) in [5, 5.41) is 4.09. The Hall–Kier alpha value is -1.71. The molecule has 21 heavy (non-hydrogen) atoms. The van der Waals surface area contributed by atoms with Gasteiger partial charge in [-0.3, -0.25) is 0 Å². The molecule has 1 atom stereocenters. The zero-order valence-electron chi connectivity index (χ0n) is 12.5. The number of rotatable bonds is 6. The fourth-order valence-corrected chi connectivity index (χ4v) is 2.59. The number of halogens is 1. The van der Waals surface area contributed by atoms with Crippen molar-refractivity contribution < 1.29 is 9.47 Å². The van der Waals surface area contributed by atoms with E-state index in [9.17, 15) is 0 Å². The molecule has 0 amide bonds. The van der Waals surface area contributed by atoms with E-state index in [-0.39, 0.29) is 6.04 Å². The van der Waals surface area contributed by atoms with E-state index in [1.54, 1.807) is 14.2 Å². The molecule has 0 bridgehead atoms. The van der Waals surface area contributed by atoms with Crippen molar-refractivity contribution >= 4 is 11.6 Å². The van der Waals surface area contributed by atoms with Crippen molar-refractivity contribution in [2.75, 3.05) is 21.3 Å². The quantitative estimate of drug-likeness (QED) is 0.879. The molecule has 0 aliphatic rings. The van der Waals surface area contributed by atoms with Crippen LogP contribution in [-0.2, 0) is 6.42 Å². The van der Waals surface area contributed by atoms with Crippen LogP contribution in [0.4, 0.5) is 0 Å². The standard InChI is InChI=1S/C17H20ClNO2/c1-19-16(10-12-5-4-6-13(18)9-12)15-8-7-14(20-2)11-17(15)21-3/h4-9,11,16,19H,10H2,1-3H3. The Morgan fingerprint density at radius 3 is 2.52 bits per heavy atom. The topological polar surface area (TPSA) is 30.5 Å². The van der Waals surface area contributed by atoms with Crippen LogP contribution in [0.3, 0.4) is 0 Å². The van der Waals surface area contributed by atoms with E-state index >= 15 is 0 Å². The van der Waals surface area contributed by atoms with Gasteiger partial charge in [-0.25, -0.2) is 0 Å². The van der Waals surface area contributed by atoms with E-state index in [0.29, 0.717) is 0 Å². The summed E-state index contributed by atoms with van der Waals surface area (Å²) >= 11 is 6.05. The SMILES string of the molecule is CNC(Cc1cccc(Cl)c1)c1ccc(OC)cc1OC. The lowest BCUT2D eigenvalue weighted by atomic mass is 9.98. The van der Waals surface area contributed by atoms with Gasteiger partial charge in [0.1, 0.15) is 11.5 Å². The molecule has 3 nitrogen and oxygen atoms in total. The molecule has 0 saturated carbocycles. The molecular formula is C17H20ClNO2.